The van der Waals surface area contributed by atoms with Gasteiger partial charge in [0.15, 0.2) is 0 Å². The first-order valence-electron chi connectivity index (χ1n) is 8.85. The second-order valence-electron chi connectivity index (χ2n) is 6.39. The summed E-state index contributed by atoms with van der Waals surface area (Å²) in [6.45, 7) is 0. The van der Waals surface area contributed by atoms with Crippen LogP contribution < -0.4 is 10.2 Å². The van der Waals surface area contributed by atoms with Crippen LogP contribution >= 0.6 is 0 Å². The van der Waals surface area contributed by atoms with Gasteiger partial charge < -0.3 is 10.4 Å². The number of phenolic OH excluding ortho intramolecular Hbond substituents is 1. The third kappa shape index (κ3) is 3.60. The van der Waals surface area contributed by atoms with Crippen molar-refractivity contribution in [2.24, 2.45) is 0 Å². The summed E-state index contributed by atoms with van der Waals surface area (Å²) in [5, 5.41) is 12.8. The lowest BCUT2D eigenvalue weighted by atomic mass is 10.1. The Morgan fingerprint density at radius 2 is 1.72 bits per heavy atom. The summed E-state index contributed by atoms with van der Waals surface area (Å²) in [5.41, 5.74) is 2.37. The van der Waals surface area contributed by atoms with Crippen molar-refractivity contribution in [3.05, 3.63) is 102 Å². The predicted molar refractivity (Wildman–Crippen MR) is 109 cm³/mol. The van der Waals surface area contributed by atoms with Crippen LogP contribution in [0, 0.1) is 11.6 Å². The van der Waals surface area contributed by atoms with E-state index in [0.717, 1.165) is 12.1 Å². The number of nitrogens with one attached hydrogen (secondary N) is 1. The molecule has 1 aliphatic heterocycles. The number of halogens is 2. The molecule has 2 N–H and O–H groups in total. The quantitative estimate of drug-likeness (QED) is 0.479. The number of hydrogen-bond donors (Lipinski definition) is 2. The van der Waals surface area contributed by atoms with Crippen LogP contribution in [0.4, 0.5) is 20.2 Å². The topological polar surface area (TPSA) is 52.6 Å². The maximum atomic E-state index is 13.9. The Morgan fingerprint density at radius 3 is 2.52 bits per heavy atom. The predicted octanol–water partition coefficient (Wildman–Crippen LogP) is 5.14. The van der Waals surface area contributed by atoms with E-state index in [9.17, 15) is 18.7 Å². The van der Waals surface area contributed by atoms with Crippen LogP contribution in [-0.2, 0) is 4.79 Å². The van der Waals surface area contributed by atoms with Crippen molar-refractivity contribution >= 4 is 28.9 Å². The average molecular weight is 390 g/mol. The number of fused-ring (bicyclic) bond motifs is 1. The number of anilines is 2. The lowest BCUT2D eigenvalue weighted by Crippen LogP contribution is -2.19. The Balaban J connectivity index is 1.67. The Morgan fingerprint density at radius 1 is 0.966 bits per heavy atom. The van der Waals surface area contributed by atoms with Gasteiger partial charge in [0.25, 0.3) is 5.91 Å². The highest BCUT2D eigenvalue weighted by atomic mass is 19.1. The molecule has 0 unspecified atom stereocenters. The van der Waals surface area contributed by atoms with E-state index in [2.05, 4.69) is 5.32 Å². The molecular weight excluding hydrogens is 374 g/mol. The number of aromatic hydroxyl groups is 1. The molecule has 0 saturated carbocycles. The fraction of sp³-hybridized carbons (Fsp3) is 0. The van der Waals surface area contributed by atoms with E-state index < -0.39 is 11.6 Å². The molecule has 0 saturated heterocycles. The van der Waals surface area contributed by atoms with Gasteiger partial charge in [-0.25, -0.2) is 8.78 Å². The molecule has 0 atom stereocenters. The maximum absolute atomic E-state index is 13.9. The number of benzene rings is 3. The summed E-state index contributed by atoms with van der Waals surface area (Å²) in [6, 6.07) is 17.1. The van der Waals surface area contributed by atoms with Crippen LogP contribution in [0.2, 0.25) is 0 Å². The van der Waals surface area contributed by atoms with E-state index in [1.54, 1.807) is 36.4 Å². The van der Waals surface area contributed by atoms with E-state index in [1.807, 2.05) is 6.07 Å². The lowest BCUT2D eigenvalue weighted by molar-refractivity contribution is -0.112. The molecule has 0 fully saturated rings. The summed E-state index contributed by atoms with van der Waals surface area (Å²) < 4.78 is 27.0. The van der Waals surface area contributed by atoms with Crippen LogP contribution in [-0.4, -0.2) is 11.0 Å². The fourth-order valence-corrected chi connectivity index (χ4v) is 3.09. The fourth-order valence-electron chi connectivity index (χ4n) is 3.09. The number of nitrogens with zero attached hydrogens (tertiary/aromatic N) is 1. The molecule has 0 bridgehead atoms. The first kappa shape index (κ1) is 18.4. The van der Waals surface area contributed by atoms with Crippen LogP contribution in [0.25, 0.3) is 11.6 Å². The Labute approximate surface area is 166 Å². The van der Waals surface area contributed by atoms with E-state index >= 15 is 0 Å². The van der Waals surface area contributed by atoms with E-state index in [4.69, 9.17) is 0 Å². The molecule has 3 aromatic rings. The minimum atomic E-state index is -0.710. The monoisotopic (exact) mass is 390 g/mol. The van der Waals surface area contributed by atoms with Gasteiger partial charge >= 0.3 is 0 Å². The Hall–Kier alpha value is -3.93. The van der Waals surface area contributed by atoms with Crippen molar-refractivity contribution in [3.8, 4) is 5.75 Å². The molecule has 4 rings (SSSR count). The summed E-state index contributed by atoms with van der Waals surface area (Å²) in [7, 11) is 0. The van der Waals surface area contributed by atoms with Crippen LogP contribution in [0.3, 0.4) is 0 Å². The summed E-state index contributed by atoms with van der Waals surface area (Å²) >= 11 is 0. The number of amides is 1. The van der Waals surface area contributed by atoms with Crippen molar-refractivity contribution in [1.82, 2.24) is 0 Å². The summed E-state index contributed by atoms with van der Waals surface area (Å²) in [6.07, 6.45) is 4.41. The van der Waals surface area contributed by atoms with Gasteiger partial charge in [-0.05, 0) is 36.4 Å². The zero-order valence-electron chi connectivity index (χ0n) is 15.1. The van der Waals surface area contributed by atoms with Crippen LogP contribution in [0.15, 0.2) is 79.1 Å². The highest BCUT2D eigenvalue weighted by molar-refractivity contribution is 6.33. The molecule has 6 heteroatoms. The minimum absolute atomic E-state index is 0.0617. The normalized spacial score (nSPS) is 14.6. The SMILES string of the molecule is O=C1C(=CNc2ccccc2O)c2ccccc2N1/C=C\c1ccc(F)cc1F. The van der Waals surface area contributed by atoms with E-state index in [1.165, 1.54) is 35.5 Å². The molecule has 144 valence electrons. The first-order chi connectivity index (χ1) is 14.0. The number of carbonyl (C=O) groups excluding carboxylic acids is 1. The van der Waals surface area contributed by atoms with Crippen molar-refractivity contribution in [1.29, 1.82) is 0 Å². The van der Waals surface area contributed by atoms with Crippen molar-refractivity contribution in [3.63, 3.8) is 0 Å². The molecule has 1 aliphatic rings. The minimum Gasteiger partial charge on any atom is -0.506 e. The van der Waals surface area contributed by atoms with Crippen LogP contribution in [0.5, 0.6) is 5.75 Å². The van der Waals surface area contributed by atoms with Gasteiger partial charge in [0.1, 0.15) is 17.4 Å². The maximum Gasteiger partial charge on any atom is 0.264 e. The number of para-hydroxylation sites is 3. The molecule has 4 nitrogen and oxygen atoms in total. The molecule has 0 radical (unpaired) electrons. The highest BCUT2D eigenvalue weighted by Crippen LogP contribution is 2.37. The third-order valence-electron chi connectivity index (χ3n) is 4.54. The van der Waals surface area contributed by atoms with Gasteiger partial charge in [0, 0.05) is 29.6 Å². The largest absolute Gasteiger partial charge is 0.506 e. The molecule has 29 heavy (non-hydrogen) atoms. The third-order valence-corrected chi connectivity index (χ3v) is 4.54. The van der Waals surface area contributed by atoms with E-state index in [0.29, 0.717) is 22.5 Å². The average Bonchev–Trinajstić information content (AvgIpc) is 2.98. The molecule has 3 aromatic carbocycles. The standard InChI is InChI=1S/C23H16F2N2O2/c24-16-10-9-15(19(25)13-16)11-12-27-21-7-3-1-5-17(21)18(23(27)29)14-26-20-6-2-4-8-22(20)28/h1-14,26,28H/b12-11-,18-14?. The molecule has 0 aliphatic carbocycles. The van der Waals surface area contributed by atoms with Gasteiger partial charge in [-0.15, -0.1) is 0 Å². The van der Waals surface area contributed by atoms with Crippen molar-refractivity contribution < 1.29 is 18.7 Å². The smallest absolute Gasteiger partial charge is 0.264 e. The van der Waals surface area contributed by atoms with Gasteiger partial charge in [-0.1, -0.05) is 30.3 Å². The van der Waals surface area contributed by atoms with Crippen LogP contribution in [0.1, 0.15) is 11.1 Å². The number of carbonyl (C=O) groups is 1. The Kier molecular flexibility index (Phi) is 4.83. The number of hydrogen-bond acceptors (Lipinski definition) is 3. The number of rotatable bonds is 4. The highest BCUT2D eigenvalue weighted by Gasteiger charge is 2.30. The molecule has 0 spiro atoms. The lowest BCUT2D eigenvalue weighted by Gasteiger charge is -2.11. The van der Waals surface area contributed by atoms with Gasteiger partial charge in [0.05, 0.1) is 16.9 Å². The second kappa shape index (κ2) is 7.59. The molecule has 1 amide bonds. The first-order valence-corrected chi connectivity index (χ1v) is 8.85. The van der Waals surface area contributed by atoms with Crippen molar-refractivity contribution in [2.45, 2.75) is 0 Å². The van der Waals surface area contributed by atoms with E-state index in [-0.39, 0.29) is 17.2 Å². The van der Waals surface area contributed by atoms with Crippen molar-refractivity contribution in [2.75, 3.05) is 10.2 Å². The molecular formula is C23H16F2N2O2. The Bertz CT molecular complexity index is 1160. The zero-order chi connectivity index (χ0) is 20.4. The molecule has 1 heterocycles. The van der Waals surface area contributed by atoms with Gasteiger partial charge in [-0.2, -0.15) is 0 Å². The van der Waals surface area contributed by atoms with Gasteiger partial charge in [0.2, 0.25) is 0 Å². The number of phenols is 1. The second-order valence-corrected chi connectivity index (χ2v) is 6.39. The summed E-state index contributed by atoms with van der Waals surface area (Å²) in [5.74, 6) is -1.62. The van der Waals surface area contributed by atoms with Gasteiger partial charge in [-0.3, -0.25) is 9.69 Å². The zero-order valence-corrected chi connectivity index (χ0v) is 15.1. The summed E-state index contributed by atoms with van der Waals surface area (Å²) in [4.78, 5) is 14.4. The molecule has 0 aromatic heterocycles.